The molecule has 0 bridgehead atoms. The molecule has 2 rings (SSSR count). The molecule has 1 aliphatic heterocycles. The van der Waals surface area contributed by atoms with Gasteiger partial charge in [0.05, 0.1) is 18.8 Å². The van der Waals surface area contributed by atoms with Gasteiger partial charge in [-0.05, 0) is 38.4 Å². The Morgan fingerprint density at radius 1 is 1.63 bits per heavy atom. The molecule has 2 atom stereocenters. The predicted molar refractivity (Wildman–Crippen MR) is 73.0 cm³/mol. The molecule has 1 saturated heterocycles. The van der Waals surface area contributed by atoms with Crippen molar-refractivity contribution in [3.05, 3.63) is 10.6 Å². The topological polar surface area (TPSA) is 71.9 Å². The normalized spacial score (nSPS) is 22.6. The third-order valence-corrected chi connectivity index (χ3v) is 3.79. The molecule has 106 valence electrons. The quantitative estimate of drug-likeness (QED) is 0.803. The Morgan fingerprint density at radius 2 is 2.42 bits per heavy atom. The van der Waals surface area contributed by atoms with Gasteiger partial charge in [-0.2, -0.15) is 5.10 Å². The molecule has 0 unspecified atom stereocenters. The first-order valence-corrected chi connectivity index (χ1v) is 6.99. The van der Waals surface area contributed by atoms with Crippen LogP contribution in [0.3, 0.4) is 0 Å². The van der Waals surface area contributed by atoms with Crippen molar-refractivity contribution in [1.82, 2.24) is 20.1 Å². The molecular weight excluding hydrogens is 264 g/mol. The van der Waals surface area contributed by atoms with Crippen LogP contribution < -0.4 is 5.32 Å². The highest BCUT2D eigenvalue weighted by Gasteiger charge is 2.22. The van der Waals surface area contributed by atoms with Gasteiger partial charge in [-0.25, -0.2) is 0 Å². The first-order valence-electron chi connectivity index (χ1n) is 6.58. The van der Waals surface area contributed by atoms with Gasteiger partial charge in [0.1, 0.15) is 0 Å². The lowest BCUT2D eigenvalue weighted by atomic mass is 10.1. The minimum Gasteiger partial charge on any atom is -0.375 e. The number of carbonyl (C=O) groups is 1. The van der Waals surface area contributed by atoms with E-state index in [9.17, 15) is 4.79 Å². The molecule has 2 N–H and O–H groups in total. The maximum Gasteiger partial charge on any atom is 0.220 e. The van der Waals surface area contributed by atoms with E-state index in [4.69, 9.17) is 17.0 Å². The number of nitrogens with zero attached hydrogens (tertiary/aromatic N) is 2. The number of H-pyrrole nitrogens is 1. The fourth-order valence-electron chi connectivity index (χ4n) is 2.19. The van der Waals surface area contributed by atoms with Crippen molar-refractivity contribution < 1.29 is 9.53 Å². The van der Waals surface area contributed by atoms with Crippen molar-refractivity contribution in [1.29, 1.82) is 0 Å². The Balaban J connectivity index is 1.70. The van der Waals surface area contributed by atoms with Gasteiger partial charge in [0.25, 0.3) is 0 Å². The van der Waals surface area contributed by atoms with E-state index < -0.39 is 0 Å². The van der Waals surface area contributed by atoms with Crippen molar-refractivity contribution >= 4 is 18.1 Å². The summed E-state index contributed by atoms with van der Waals surface area (Å²) >= 11 is 5.00. The second kappa shape index (κ2) is 6.29. The Kier molecular flexibility index (Phi) is 4.71. The van der Waals surface area contributed by atoms with E-state index in [1.807, 2.05) is 7.05 Å². The van der Waals surface area contributed by atoms with Crippen LogP contribution in [0.5, 0.6) is 0 Å². The van der Waals surface area contributed by atoms with Crippen molar-refractivity contribution in [3.63, 3.8) is 0 Å². The molecule has 1 fully saturated rings. The number of ether oxygens (including phenoxy) is 1. The van der Waals surface area contributed by atoms with E-state index in [0.29, 0.717) is 23.8 Å². The number of rotatable bonds is 5. The van der Waals surface area contributed by atoms with Crippen LogP contribution in [-0.2, 0) is 23.1 Å². The Hall–Kier alpha value is -1.21. The third kappa shape index (κ3) is 3.87. The molecule has 7 heteroatoms. The van der Waals surface area contributed by atoms with E-state index in [0.717, 1.165) is 25.1 Å². The van der Waals surface area contributed by atoms with Gasteiger partial charge in [0, 0.05) is 13.5 Å². The summed E-state index contributed by atoms with van der Waals surface area (Å²) in [4.78, 5) is 11.7. The fourth-order valence-corrected chi connectivity index (χ4v) is 2.34. The minimum atomic E-state index is 0.0251. The molecule has 1 aromatic rings. The van der Waals surface area contributed by atoms with Gasteiger partial charge in [0.2, 0.25) is 5.91 Å². The van der Waals surface area contributed by atoms with Crippen LogP contribution in [0.4, 0.5) is 0 Å². The van der Waals surface area contributed by atoms with Gasteiger partial charge in [0.15, 0.2) is 10.6 Å². The SMILES string of the molecule is C[C@H]1CC[C@H](CCC(=O)NCc2n[nH]c(=S)n2C)O1. The van der Waals surface area contributed by atoms with Crippen LogP contribution in [0.2, 0.25) is 0 Å². The molecule has 1 amide bonds. The van der Waals surface area contributed by atoms with Crippen LogP contribution in [0.1, 0.15) is 38.4 Å². The predicted octanol–water partition coefficient (Wildman–Crippen LogP) is 1.44. The van der Waals surface area contributed by atoms with Gasteiger partial charge in [-0.3, -0.25) is 9.89 Å². The molecular formula is C12H20N4O2S. The number of aromatic amines is 1. The fraction of sp³-hybridized carbons (Fsp3) is 0.750. The molecule has 1 aromatic heterocycles. The number of hydrogen-bond acceptors (Lipinski definition) is 4. The molecule has 19 heavy (non-hydrogen) atoms. The number of hydrogen-bond donors (Lipinski definition) is 2. The Labute approximate surface area is 117 Å². The maximum absolute atomic E-state index is 11.7. The van der Waals surface area contributed by atoms with Gasteiger partial charge < -0.3 is 14.6 Å². The van der Waals surface area contributed by atoms with Crippen molar-refractivity contribution in [2.24, 2.45) is 7.05 Å². The summed E-state index contributed by atoms with van der Waals surface area (Å²) in [5.41, 5.74) is 0. The highest BCUT2D eigenvalue weighted by Crippen LogP contribution is 2.22. The molecule has 1 aliphatic rings. The zero-order valence-corrected chi connectivity index (χ0v) is 12.1. The average Bonchev–Trinajstić information content (AvgIpc) is 2.93. The number of nitrogens with one attached hydrogen (secondary N) is 2. The van der Waals surface area contributed by atoms with Gasteiger partial charge in [-0.15, -0.1) is 0 Å². The second-order valence-electron chi connectivity index (χ2n) is 4.97. The van der Waals surface area contributed by atoms with Crippen LogP contribution in [0.25, 0.3) is 0 Å². The second-order valence-corrected chi connectivity index (χ2v) is 5.35. The number of aromatic nitrogens is 3. The molecule has 0 aromatic carbocycles. The summed E-state index contributed by atoms with van der Waals surface area (Å²) < 4.78 is 7.98. The van der Waals surface area contributed by atoms with Gasteiger partial charge in [-0.1, -0.05) is 0 Å². The summed E-state index contributed by atoms with van der Waals surface area (Å²) in [5, 5.41) is 9.57. The van der Waals surface area contributed by atoms with Crippen molar-refractivity contribution in [2.75, 3.05) is 0 Å². The van der Waals surface area contributed by atoms with Crippen LogP contribution in [0.15, 0.2) is 0 Å². The van der Waals surface area contributed by atoms with Crippen molar-refractivity contribution in [3.8, 4) is 0 Å². The van der Waals surface area contributed by atoms with E-state index >= 15 is 0 Å². The number of carbonyl (C=O) groups excluding carboxylic acids is 1. The standard InChI is InChI=1S/C12H20N4O2S/c1-8-3-4-9(18-8)5-6-11(17)13-7-10-14-15-12(19)16(10)2/h8-9H,3-7H2,1-2H3,(H,13,17)(H,15,19)/t8-,9+/m0/s1. The van der Waals surface area contributed by atoms with Crippen molar-refractivity contribution in [2.45, 2.75) is 51.4 Å². The lowest BCUT2D eigenvalue weighted by Gasteiger charge is -2.10. The molecule has 2 heterocycles. The summed E-state index contributed by atoms with van der Waals surface area (Å²) in [7, 11) is 1.82. The zero-order chi connectivity index (χ0) is 13.8. The zero-order valence-electron chi connectivity index (χ0n) is 11.3. The first kappa shape index (κ1) is 14.2. The summed E-state index contributed by atoms with van der Waals surface area (Å²) in [6, 6.07) is 0. The average molecular weight is 284 g/mol. The largest absolute Gasteiger partial charge is 0.375 e. The summed E-state index contributed by atoms with van der Waals surface area (Å²) in [6.45, 7) is 2.47. The highest BCUT2D eigenvalue weighted by molar-refractivity contribution is 7.71. The lowest BCUT2D eigenvalue weighted by molar-refractivity contribution is -0.122. The minimum absolute atomic E-state index is 0.0251. The first-order chi connectivity index (χ1) is 9.06. The Bertz CT molecular complexity index is 496. The molecule has 0 spiro atoms. The Morgan fingerprint density at radius 3 is 3.00 bits per heavy atom. The molecule has 6 nitrogen and oxygen atoms in total. The van der Waals surface area contributed by atoms with Crippen LogP contribution in [0, 0.1) is 4.77 Å². The molecule has 0 radical (unpaired) electrons. The number of amides is 1. The smallest absolute Gasteiger partial charge is 0.220 e. The summed E-state index contributed by atoms with van der Waals surface area (Å²) in [5.74, 6) is 0.751. The molecule has 0 saturated carbocycles. The lowest BCUT2D eigenvalue weighted by Crippen LogP contribution is -2.25. The summed E-state index contributed by atoms with van der Waals surface area (Å²) in [6.07, 6.45) is 4.00. The highest BCUT2D eigenvalue weighted by atomic mass is 32.1. The third-order valence-electron chi connectivity index (χ3n) is 3.43. The maximum atomic E-state index is 11.7. The van der Waals surface area contributed by atoms with E-state index in [-0.39, 0.29) is 12.0 Å². The van der Waals surface area contributed by atoms with Gasteiger partial charge >= 0.3 is 0 Å². The van der Waals surface area contributed by atoms with Crippen LogP contribution >= 0.6 is 12.2 Å². The van der Waals surface area contributed by atoms with E-state index in [1.165, 1.54) is 0 Å². The van der Waals surface area contributed by atoms with E-state index in [1.54, 1.807) is 4.57 Å². The van der Waals surface area contributed by atoms with E-state index in [2.05, 4.69) is 22.4 Å². The molecule has 0 aliphatic carbocycles. The monoisotopic (exact) mass is 284 g/mol. The van der Waals surface area contributed by atoms with Crippen LogP contribution in [-0.4, -0.2) is 32.9 Å².